The molecule has 4 N–H and O–H groups in total. The van der Waals surface area contributed by atoms with E-state index >= 15 is 0 Å². The zero-order chi connectivity index (χ0) is 22.2. The summed E-state index contributed by atoms with van der Waals surface area (Å²) in [6, 6.07) is 11.4. The number of fused-ring (bicyclic) bond motifs is 1. The monoisotopic (exact) mass is 449 g/mol. The lowest BCUT2D eigenvalue weighted by molar-refractivity contribution is -0.272. The SMILES string of the molecule is C[N+](O)(O)c1ccc(Nc2ncnc3sc(Nc4ccccc4C(F)(F)F)nc23)cc1. The van der Waals surface area contributed by atoms with Crippen molar-refractivity contribution in [2.75, 3.05) is 17.7 Å². The van der Waals surface area contributed by atoms with Crippen LogP contribution in [0.25, 0.3) is 10.3 Å². The number of quaternary nitrogens is 1. The average molecular weight is 449 g/mol. The van der Waals surface area contributed by atoms with Crippen LogP contribution >= 0.6 is 11.3 Å². The predicted molar refractivity (Wildman–Crippen MR) is 111 cm³/mol. The van der Waals surface area contributed by atoms with Gasteiger partial charge in [-0.05, 0) is 29.1 Å². The number of hydrogen-bond donors (Lipinski definition) is 4. The van der Waals surface area contributed by atoms with Crippen molar-refractivity contribution >= 4 is 49.7 Å². The summed E-state index contributed by atoms with van der Waals surface area (Å²) >= 11 is 1.09. The molecule has 0 radical (unpaired) electrons. The summed E-state index contributed by atoms with van der Waals surface area (Å²) in [5.41, 5.74) is 0.329. The molecule has 0 unspecified atom stereocenters. The van der Waals surface area contributed by atoms with Gasteiger partial charge in [0.15, 0.2) is 21.5 Å². The van der Waals surface area contributed by atoms with Gasteiger partial charge in [0.1, 0.15) is 18.9 Å². The summed E-state index contributed by atoms with van der Waals surface area (Å²) in [6.07, 6.45) is -3.18. The molecule has 0 saturated carbocycles. The third kappa shape index (κ3) is 4.56. The Kier molecular flexibility index (Phi) is 5.23. The number of benzene rings is 2. The Morgan fingerprint density at radius 2 is 1.68 bits per heavy atom. The van der Waals surface area contributed by atoms with E-state index in [1.165, 1.54) is 43.7 Å². The van der Waals surface area contributed by atoms with Crippen LogP contribution in [-0.4, -0.2) is 32.4 Å². The number of nitrogens with one attached hydrogen (secondary N) is 2. The molecule has 0 atom stereocenters. The smallest absolute Gasteiger partial charge is 0.338 e. The lowest BCUT2D eigenvalue weighted by Crippen LogP contribution is -2.36. The normalized spacial score (nSPS) is 12.2. The summed E-state index contributed by atoms with van der Waals surface area (Å²) in [5.74, 6) is 0.358. The van der Waals surface area contributed by atoms with Gasteiger partial charge in [-0.1, -0.05) is 23.5 Å². The number of aromatic nitrogens is 3. The fraction of sp³-hybridized carbons (Fsp3) is 0.105. The Morgan fingerprint density at radius 1 is 0.968 bits per heavy atom. The number of hydroxylamine groups is 2. The van der Waals surface area contributed by atoms with Gasteiger partial charge in [0.2, 0.25) is 0 Å². The summed E-state index contributed by atoms with van der Waals surface area (Å²) in [6.45, 7) is 0. The number of rotatable bonds is 5. The molecule has 0 saturated heterocycles. The minimum absolute atomic E-state index is 0.110. The van der Waals surface area contributed by atoms with Crippen molar-refractivity contribution in [1.29, 1.82) is 0 Å². The van der Waals surface area contributed by atoms with Crippen molar-refractivity contribution < 1.29 is 23.6 Å². The molecule has 0 aliphatic carbocycles. The van der Waals surface area contributed by atoms with E-state index in [2.05, 4.69) is 25.6 Å². The first kappa shape index (κ1) is 20.9. The second kappa shape index (κ2) is 7.74. The first-order valence-electron chi connectivity index (χ1n) is 8.86. The molecule has 160 valence electrons. The van der Waals surface area contributed by atoms with Crippen LogP contribution in [0.1, 0.15) is 5.56 Å². The Balaban J connectivity index is 1.63. The number of hydrogen-bond acceptors (Lipinski definition) is 8. The van der Waals surface area contributed by atoms with E-state index in [1.807, 2.05) is 0 Å². The molecule has 31 heavy (non-hydrogen) atoms. The number of alkyl halides is 3. The molecule has 0 aliphatic rings. The van der Waals surface area contributed by atoms with Crippen LogP contribution in [0.4, 0.5) is 41.2 Å². The summed E-state index contributed by atoms with van der Waals surface area (Å²) < 4.78 is 39.7. The maximum absolute atomic E-state index is 13.2. The highest BCUT2D eigenvalue weighted by molar-refractivity contribution is 7.21. The minimum Gasteiger partial charge on any atom is -0.338 e. The van der Waals surface area contributed by atoms with Gasteiger partial charge in [-0.2, -0.15) is 23.6 Å². The van der Waals surface area contributed by atoms with E-state index in [-0.39, 0.29) is 16.5 Å². The number of thiazole rings is 1. The maximum atomic E-state index is 13.2. The van der Waals surface area contributed by atoms with Gasteiger partial charge >= 0.3 is 6.18 Å². The fourth-order valence-corrected chi connectivity index (χ4v) is 3.64. The number of halogens is 3. The summed E-state index contributed by atoms with van der Waals surface area (Å²) in [7, 11) is 1.19. The molecule has 0 amide bonds. The van der Waals surface area contributed by atoms with Crippen molar-refractivity contribution in [2.45, 2.75) is 6.18 Å². The van der Waals surface area contributed by atoms with E-state index in [0.717, 1.165) is 17.4 Å². The maximum Gasteiger partial charge on any atom is 0.418 e. The van der Waals surface area contributed by atoms with Gasteiger partial charge in [-0.3, -0.25) is 0 Å². The largest absolute Gasteiger partial charge is 0.418 e. The van der Waals surface area contributed by atoms with E-state index < -0.39 is 16.5 Å². The Bertz CT molecular complexity index is 1220. The van der Waals surface area contributed by atoms with Crippen molar-refractivity contribution in [3.8, 4) is 0 Å². The molecule has 12 heteroatoms. The predicted octanol–water partition coefficient (Wildman–Crippen LogP) is 5.31. The molecule has 4 rings (SSSR count). The van der Waals surface area contributed by atoms with Crippen LogP contribution in [0, 0.1) is 0 Å². The zero-order valence-corrected chi connectivity index (χ0v) is 16.7. The highest BCUT2D eigenvalue weighted by atomic mass is 32.1. The van der Waals surface area contributed by atoms with Gasteiger partial charge in [0, 0.05) is 17.8 Å². The first-order chi connectivity index (χ1) is 14.6. The highest BCUT2D eigenvalue weighted by Gasteiger charge is 2.33. The van der Waals surface area contributed by atoms with Crippen LogP contribution in [0.5, 0.6) is 0 Å². The van der Waals surface area contributed by atoms with Gasteiger partial charge in [0.25, 0.3) is 0 Å². The molecular formula is C19H16F3N6O2S+. The van der Waals surface area contributed by atoms with E-state index in [1.54, 1.807) is 12.1 Å². The van der Waals surface area contributed by atoms with Crippen molar-refractivity contribution in [3.63, 3.8) is 0 Å². The highest BCUT2D eigenvalue weighted by Crippen LogP contribution is 2.37. The molecule has 0 spiro atoms. The van der Waals surface area contributed by atoms with E-state index in [4.69, 9.17) is 0 Å². The second-order valence-electron chi connectivity index (χ2n) is 6.65. The van der Waals surface area contributed by atoms with Crippen LogP contribution in [0.15, 0.2) is 54.9 Å². The molecule has 2 aromatic carbocycles. The molecule has 4 aromatic rings. The van der Waals surface area contributed by atoms with Crippen LogP contribution in [0.2, 0.25) is 0 Å². The Labute approximate surface area is 177 Å². The quantitative estimate of drug-likeness (QED) is 0.242. The zero-order valence-electron chi connectivity index (χ0n) is 15.9. The number of nitrogens with zero attached hydrogens (tertiary/aromatic N) is 4. The van der Waals surface area contributed by atoms with Crippen molar-refractivity contribution in [3.05, 3.63) is 60.4 Å². The van der Waals surface area contributed by atoms with Gasteiger partial charge in [0.05, 0.1) is 11.3 Å². The second-order valence-corrected chi connectivity index (χ2v) is 7.63. The third-order valence-electron chi connectivity index (χ3n) is 4.29. The minimum atomic E-state index is -4.50. The molecule has 0 bridgehead atoms. The lowest BCUT2D eigenvalue weighted by atomic mass is 10.2. The molecule has 0 fully saturated rings. The van der Waals surface area contributed by atoms with E-state index in [9.17, 15) is 23.6 Å². The number of para-hydroxylation sites is 1. The van der Waals surface area contributed by atoms with Crippen LogP contribution in [-0.2, 0) is 6.18 Å². The molecule has 0 aliphatic heterocycles. The van der Waals surface area contributed by atoms with Crippen LogP contribution in [0.3, 0.4) is 0 Å². The fourth-order valence-electron chi connectivity index (χ4n) is 2.82. The van der Waals surface area contributed by atoms with Gasteiger partial charge in [-0.25, -0.2) is 15.0 Å². The molecule has 2 aromatic heterocycles. The van der Waals surface area contributed by atoms with Crippen molar-refractivity contribution in [1.82, 2.24) is 19.8 Å². The summed E-state index contributed by atoms with van der Waals surface area (Å²) in [4.78, 5) is 11.8. The van der Waals surface area contributed by atoms with Crippen LogP contribution < -0.4 is 15.4 Å². The Hall–Kier alpha value is -3.32. The average Bonchev–Trinajstić information content (AvgIpc) is 3.11. The van der Waals surface area contributed by atoms with Crippen molar-refractivity contribution in [2.24, 2.45) is 0 Å². The third-order valence-corrected chi connectivity index (χ3v) is 5.17. The number of anilines is 4. The van der Waals surface area contributed by atoms with Gasteiger partial charge < -0.3 is 10.6 Å². The van der Waals surface area contributed by atoms with Gasteiger partial charge in [-0.15, -0.1) is 0 Å². The van der Waals surface area contributed by atoms with E-state index in [0.29, 0.717) is 21.9 Å². The molecular weight excluding hydrogens is 433 g/mol. The lowest BCUT2D eigenvalue weighted by Gasteiger charge is -2.15. The summed E-state index contributed by atoms with van der Waals surface area (Å²) in [5, 5.41) is 25.1. The molecule has 8 nitrogen and oxygen atoms in total. The molecule has 2 heterocycles. The Morgan fingerprint density at radius 3 is 2.35 bits per heavy atom. The topological polar surface area (TPSA) is 103 Å². The standard InChI is InChI=1S/C19H16F3N6O2S/c1-28(29,30)12-8-6-11(7-9-12)25-16-15-17(24-10-23-16)31-18(27-15)26-14-5-3-2-4-13(14)19(20,21)22/h2-10,29-30H,1H3,(H,26,27)(H,23,24,25)/q+1. The first-order valence-corrected chi connectivity index (χ1v) is 9.67.